The average molecular weight is 230 g/mol. The first-order valence-electron chi connectivity index (χ1n) is 6.00. The number of nitrogens with one attached hydrogen (secondary N) is 1. The van der Waals surface area contributed by atoms with Crippen molar-refractivity contribution in [2.24, 2.45) is 0 Å². The summed E-state index contributed by atoms with van der Waals surface area (Å²) in [5, 5.41) is 2.80. The highest BCUT2D eigenvalue weighted by molar-refractivity contribution is 5.99. The summed E-state index contributed by atoms with van der Waals surface area (Å²) in [4.78, 5) is 13.6. The highest BCUT2D eigenvalue weighted by Gasteiger charge is 2.14. The Morgan fingerprint density at radius 1 is 1.41 bits per heavy atom. The number of benzene rings is 1. The summed E-state index contributed by atoms with van der Waals surface area (Å²) in [6.45, 7) is 7.78. The van der Waals surface area contributed by atoms with E-state index in [4.69, 9.17) is 0 Å². The molecule has 17 heavy (non-hydrogen) atoms. The minimum atomic E-state index is -0.166. The number of carbonyl (C=O) groups is 1. The molecule has 3 heteroatoms. The van der Waals surface area contributed by atoms with Crippen molar-refractivity contribution in [3.63, 3.8) is 0 Å². The van der Waals surface area contributed by atoms with E-state index in [1.807, 2.05) is 18.2 Å². The zero-order chi connectivity index (χ0) is 12.3. The van der Waals surface area contributed by atoms with Gasteiger partial charge in [-0.1, -0.05) is 12.6 Å². The number of hydrogen-bond acceptors (Lipinski definition) is 2. The molecule has 1 aromatic carbocycles. The molecule has 1 heterocycles. The molecule has 3 nitrogen and oxygen atoms in total. The van der Waals surface area contributed by atoms with Crippen LogP contribution < -0.4 is 10.2 Å². The number of nitrogens with zero attached hydrogens (tertiary/aromatic N) is 1. The molecular formula is C14H18N2O. The number of aryl methyl sites for hydroxylation is 1. The van der Waals surface area contributed by atoms with E-state index in [1.165, 1.54) is 30.2 Å². The Kier molecular flexibility index (Phi) is 3.47. The SMILES string of the molecule is C=CC(=O)Nc1ccc(C)c(N2CCCC2)c1. The Labute approximate surface area is 102 Å². The minimum Gasteiger partial charge on any atom is -0.371 e. The number of rotatable bonds is 3. The average Bonchev–Trinajstić information content (AvgIpc) is 2.85. The normalized spacial score (nSPS) is 14.8. The Morgan fingerprint density at radius 2 is 2.12 bits per heavy atom. The quantitative estimate of drug-likeness (QED) is 0.810. The van der Waals surface area contributed by atoms with Gasteiger partial charge in [0.2, 0.25) is 5.91 Å². The van der Waals surface area contributed by atoms with Crippen molar-refractivity contribution in [3.8, 4) is 0 Å². The monoisotopic (exact) mass is 230 g/mol. The van der Waals surface area contributed by atoms with Crippen molar-refractivity contribution in [2.75, 3.05) is 23.3 Å². The fourth-order valence-electron chi connectivity index (χ4n) is 2.18. The molecule has 0 saturated carbocycles. The molecule has 0 atom stereocenters. The van der Waals surface area contributed by atoms with Crippen LogP contribution in [0.3, 0.4) is 0 Å². The van der Waals surface area contributed by atoms with Gasteiger partial charge in [-0.2, -0.15) is 0 Å². The van der Waals surface area contributed by atoms with E-state index in [-0.39, 0.29) is 5.91 Å². The van der Waals surface area contributed by atoms with Gasteiger partial charge >= 0.3 is 0 Å². The van der Waals surface area contributed by atoms with Crippen LogP contribution in [0.15, 0.2) is 30.9 Å². The van der Waals surface area contributed by atoms with Crippen molar-refractivity contribution in [1.82, 2.24) is 0 Å². The fourth-order valence-corrected chi connectivity index (χ4v) is 2.18. The van der Waals surface area contributed by atoms with Crippen LogP contribution in [0.4, 0.5) is 11.4 Å². The van der Waals surface area contributed by atoms with Gasteiger partial charge in [0.15, 0.2) is 0 Å². The molecule has 1 saturated heterocycles. The van der Waals surface area contributed by atoms with Crippen molar-refractivity contribution in [1.29, 1.82) is 0 Å². The van der Waals surface area contributed by atoms with Crippen molar-refractivity contribution in [3.05, 3.63) is 36.4 Å². The summed E-state index contributed by atoms with van der Waals surface area (Å²) in [5.41, 5.74) is 3.32. The smallest absolute Gasteiger partial charge is 0.247 e. The van der Waals surface area contributed by atoms with E-state index in [9.17, 15) is 4.79 Å². The molecule has 1 fully saturated rings. The zero-order valence-corrected chi connectivity index (χ0v) is 10.2. The van der Waals surface area contributed by atoms with Gasteiger partial charge in [0.1, 0.15) is 0 Å². The second-order valence-corrected chi connectivity index (χ2v) is 4.39. The highest BCUT2D eigenvalue weighted by atomic mass is 16.1. The number of anilines is 2. The summed E-state index contributed by atoms with van der Waals surface area (Å²) in [7, 11) is 0. The lowest BCUT2D eigenvalue weighted by molar-refractivity contribution is -0.111. The van der Waals surface area contributed by atoms with E-state index in [1.54, 1.807) is 0 Å². The molecule has 90 valence electrons. The Morgan fingerprint density at radius 3 is 2.76 bits per heavy atom. The second kappa shape index (κ2) is 5.04. The minimum absolute atomic E-state index is 0.166. The molecule has 1 amide bonds. The molecule has 1 aromatic rings. The van der Waals surface area contributed by atoms with Crippen LogP contribution >= 0.6 is 0 Å². The molecule has 0 spiro atoms. The molecule has 0 radical (unpaired) electrons. The van der Waals surface area contributed by atoms with Crippen LogP contribution in [-0.4, -0.2) is 19.0 Å². The van der Waals surface area contributed by atoms with E-state index >= 15 is 0 Å². The zero-order valence-electron chi connectivity index (χ0n) is 10.2. The topological polar surface area (TPSA) is 32.3 Å². The third-order valence-corrected chi connectivity index (χ3v) is 3.11. The van der Waals surface area contributed by atoms with Crippen LogP contribution in [0.2, 0.25) is 0 Å². The Bertz CT molecular complexity index is 434. The van der Waals surface area contributed by atoms with Gasteiger partial charge < -0.3 is 10.2 Å². The Balaban J connectivity index is 2.22. The van der Waals surface area contributed by atoms with E-state index < -0.39 is 0 Å². The second-order valence-electron chi connectivity index (χ2n) is 4.39. The van der Waals surface area contributed by atoms with Crippen LogP contribution in [-0.2, 0) is 4.79 Å². The fraction of sp³-hybridized carbons (Fsp3) is 0.357. The maximum absolute atomic E-state index is 11.3. The first-order valence-corrected chi connectivity index (χ1v) is 6.00. The molecule has 1 aliphatic heterocycles. The number of amides is 1. The molecule has 0 unspecified atom stereocenters. The number of hydrogen-bond donors (Lipinski definition) is 1. The van der Waals surface area contributed by atoms with Gasteiger partial charge in [-0.15, -0.1) is 0 Å². The van der Waals surface area contributed by atoms with Crippen LogP contribution in [0.25, 0.3) is 0 Å². The summed E-state index contributed by atoms with van der Waals surface area (Å²) in [6, 6.07) is 6.02. The van der Waals surface area contributed by atoms with Crippen LogP contribution in [0, 0.1) is 6.92 Å². The van der Waals surface area contributed by atoms with E-state index in [2.05, 4.69) is 23.7 Å². The van der Waals surface area contributed by atoms with Gasteiger partial charge in [0.05, 0.1) is 0 Å². The van der Waals surface area contributed by atoms with Gasteiger partial charge in [-0.25, -0.2) is 0 Å². The van der Waals surface area contributed by atoms with Crippen LogP contribution in [0.5, 0.6) is 0 Å². The maximum Gasteiger partial charge on any atom is 0.247 e. The summed E-state index contributed by atoms with van der Waals surface area (Å²) in [6.07, 6.45) is 3.79. The molecular weight excluding hydrogens is 212 g/mol. The van der Waals surface area contributed by atoms with Crippen molar-refractivity contribution in [2.45, 2.75) is 19.8 Å². The standard InChI is InChI=1S/C14H18N2O/c1-3-14(17)15-12-7-6-11(2)13(10-12)16-8-4-5-9-16/h3,6-7,10H,1,4-5,8-9H2,2H3,(H,15,17). The third-order valence-electron chi connectivity index (χ3n) is 3.11. The third kappa shape index (κ3) is 2.67. The maximum atomic E-state index is 11.3. The molecule has 0 aromatic heterocycles. The molecule has 1 N–H and O–H groups in total. The summed E-state index contributed by atoms with van der Waals surface area (Å²) < 4.78 is 0. The first kappa shape index (κ1) is 11.7. The van der Waals surface area contributed by atoms with Gasteiger partial charge in [0, 0.05) is 24.5 Å². The van der Waals surface area contributed by atoms with Gasteiger partial charge in [-0.3, -0.25) is 4.79 Å². The van der Waals surface area contributed by atoms with Crippen molar-refractivity contribution >= 4 is 17.3 Å². The van der Waals surface area contributed by atoms with Crippen LogP contribution in [0.1, 0.15) is 18.4 Å². The number of carbonyl (C=O) groups excluding carboxylic acids is 1. The predicted molar refractivity (Wildman–Crippen MR) is 71.5 cm³/mol. The lowest BCUT2D eigenvalue weighted by atomic mass is 10.1. The molecule has 2 rings (SSSR count). The van der Waals surface area contributed by atoms with E-state index in [0.29, 0.717) is 0 Å². The van der Waals surface area contributed by atoms with Crippen molar-refractivity contribution < 1.29 is 4.79 Å². The summed E-state index contributed by atoms with van der Waals surface area (Å²) >= 11 is 0. The molecule has 1 aliphatic rings. The van der Waals surface area contributed by atoms with E-state index in [0.717, 1.165) is 18.8 Å². The lowest BCUT2D eigenvalue weighted by Gasteiger charge is -2.21. The Hall–Kier alpha value is -1.77. The van der Waals surface area contributed by atoms with Gasteiger partial charge in [0.25, 0.3) is 0 Å². The highest BCUT2D eigenvalue weighted by Crippen LogP contribution is 2.27. The predicted octanol–water partition coefficient (Wildman–Crippen LogP) is 2.72. The first-order chi connectivity index (χ1) is 8.20. The summed E-state index contributed by atoms with van der Waals surface area (Å²) in [5.74, 6) is -0.166. The molecule has 0 aliphatic carbocycles. The molecule has 0 bridgehead atoms. The largest absolute Gasteiger partial charge is 0.371 e. The van der Waals surface area contributed by atoms with Gasteiger partial charge in [-0.05, 0) is 43.5 Å². The lowest BCUT2D eigenvalue weighted by Crippen LogP contribution is -2.19.